The summed E-state index contributed by atoms with van der Waals surface area (Å²) in [5, 5.41) is 2.92. The van der Waals surface area contributed by atoms with Gasteiger partial charge in [0.05, 0.1) is 13.2 Å². The number of carbonyl (C=O) groups is 1. The fraction of sp³-hybridized carbons (Fsp3) is 0.500. The first-order valence-electron chi connectivity index (χ1n) is 8.01. The molecule has 4 nitrogen and oxygen atoms in total. The molecule has 1 fully saturated rings. The van der Waals surface area contributed by atoms with E-state index in [1.54, 1.807) is 6.08 Å². The first-order valence-corrected chi connectivity index (χ1v) is 8.01. The molecule has 0 atom stereocenters. The number of morpholine rings is 1. The van der Waals surface area contributed by atoms with Gasteiger partial charge in [0.1, 0.15) is 0 Å². The molecule has 4 heteroatoms. The highest BCUT2D eigenvalue weighted by Gasteiger charge is 2.09. The summed E-state index contributed by atoms with van der Waals surface area (Å²) in [4.78, 5) is 14.1. The van der Waals surface area contributed by atoms with Crippen LogP contribution in [0.25, 0.3) is 6.08 Å². The molecule has 2 rings (SSSR count). The van der Waals surface area contributed by atoms with E-state index in [-0.39, 0.29) is 5.91 Å². The topological polar surface area (TPSA) is 41.6 Å². The van der Waals surface area contributed by atoms with Crippen molar-refractivity contribution in [2.24, 2.45) is 0 Å². The number of hydrogen-bond donors (Lipinski definition) is 1. The Balaban J connectivity index is 1.71. The van der Waals surface area contributed by atoms with Gasteiger partial charge in [-0.1, -0.05) is 38.1 Å². The van der Waals surface area contributed by atoms with Crippen molar-refractivity contribution in [2.75, 3.05) is 39.4 Å². The van der Waals surface area contributed by atoms with Crippen molar-refractivity contribution in [1.82, 2.24) is 10.2 Å². The molecule has 0 bridgehead atoms. The standard InChI is InChI=1S/C18H26N2O2/c1-15(2)17-6-3-16(4-7-17)5-8-18(21)19-9-10-20-11-13-22-14-12-20/h3-8,15H,9-14H2,1-2H3,(H,19,21)/b8-5+. The normalized spacial score (nSPS) is 16.3. The quantitative estimate of drug-likeness (QED) is 0.820. The van der Waals surface area contributed by atoms with Crippen LogP contribution in [0.15, 0.2) is 30.3 Å². The molecule has 1 aliphatic rings. The molecular formula is C18H26N2O2. The van der Waals surface area contributed by atoms with Crippen molar-refractivity contribution in [3.05, 3.63) is 41.5 Å². The van der Waals surface area contributed by atoms with E-state index in [0.29, 0.717) is 12.5 Å². The number of nitrogens with zero attached hydrogens (tertiary/aromatic N) is 1. The minimum Gasteiger partial charge on any atom is -0.379 e. The third kappa shape index (κ3) is 5.62. The largest absolute Gasteiger partial charge is 0.379 e. The summed E-state index contributed by atoms with van der Waals surface area (Å²) in [5.74, 6) is 0.489. The van der Waals surface area contributed by atoms with E-state index in [2.05, 4.69) is 36.2 Å². The molecule has 0 aliphatic carbocycles. The van der Waals surface area contributed by atoms with Crippen molar-refractivity contribution < 1.29 is 9.53 Å². The zero-order chi connectivity index (χ0) is 15.8. The molecule has 1 saturated heterocycles. The Morgan fingerprint density at radius 3 is 2.59 bits per heavy atom. The van der Waals surface area contributed by atoms with Crippen LogP contribution < -0.4 is 5.32 Å². The number of rotatable bonds is 6. The lowest BCUT2D eigenvalue weighted by molar-refractivity contribution is -0.116. The van der Waals surface area contributed by atoms with Gasteiger partial charge in [-0.3, -0.25) is 9.69 Å². The fourth-order valence-corrected chi connectivity index (χ4v) is 2.38. The van der Waals surface area contributed by atoms with Gasteiger partial charge in [-0.2, -0.15) is 0 Å². The minimum atomic E-state index is -0.0406. The van der Waals surface area contributed by atoms with Gasteiger partial charge in [0.15, 0.2) is 0 Å². The molecule has 0 unspecified atom stereocenters. The molecule has 0 radical (unpaired) electrons. The second-order valence-corrected chi connectivity index (χ2v) is 5.90. The van der Waals surface area contributed by atoms with E-state index < -0.39 is 0 Å². The fourth-order valence-electron chi connectivity index (χ4n) is 2.38. The lowest BCUT2D eigenvalue weighted by Crippen LogP contribution is -2.41. The van der Waals surface area contributed by atoms with Crippen LogP contribution in [0, 0.1) is 0 Å². The van der Waals surface area contributed by atoms with Gasteiger partial charge in [-0.15, -0.1) is 0 Å². The van der Waals surface area contributed by atoms with Crippen LogP contribution in [-0.4, -0.2) is 50.2 Å². The molecule has 1 aliphatic heterocycles. The van der Waals surface area contributed by atoms with E-state index in [0.717, 1.165) is 38.4 Å². The molecule has 0 saturated carbocycles. The average molecular weight is 302 g/mol. The molecule has 1 amide bonds. The highest BCUT2D eigenvalue weighted by Crippen LogP contribution is 2.15. The molecule has 120 valence electrons. The van der Waals surface area contributed by atoms with E-state index in [9.17, 15) is 4.79 Å². The Morgan fingerprint density at radius 1 is 1.27 bits per heavy atom. The van der Waals surface area contributed by atoms with Crippen LogP contribution in [0.2, 0.25) is 0 Å². The summed E-state index contributed by atoms with van der Waals surface area (Å²) in [6.45, 7) is 9.39. The number of nitrogens with one attached hydrogen (secondary N) is 1. The van der Waals surface area contributed by atoms with Crippen molar-refractivity contribution in [3.63, 3.8) is 0 Å². The lowest BCUT2D eigenvalue weighted by Gasteiger charge is -2.26. The highest BCUT2D eigenvalue weighted by atomic mass is 16.5. The van der Waals surface area contributed by atoms with Crippen molar-refractivity contribution in [3.8, 4) is 0 Å². The number of ether oxygens (including phenoxy) is 1. The number of benzene rings is 1. The summed E-state index contributed by atoms with van der Waals surface area (Å²) >= 11 is 0. The SMILES string of the molecule is CC(C)c1ccc(/C=C/C(=O)NCCN2CCOCC2)cc1. The van der Waals surface area contributed by atoms with Gasteiger partial charge in [0, 0.05) is 32.3 Å². The first kappa shape index (κ1) is 16.7. The third-order valence-corrected chi connectivity index (χ3v) is 3.86. The Labute approximate surface area is 133 Å². The van der Waals surface area contributed by atoms with Crippen molar-refractivity contribution in [1.29, 1.82) is 0 Å². The highest BCUT2D eigenvalue weighted by molar-refractivity contribution is 5.91. The molecule has 1 N–H and O–H groups in total. The molecular weight excluding hydrogens is 276 g/mol. The molecule has 1 aromatic carbocycles. The monoisotopic (exact) mass is 302 g/mol. The van der Waals surface area contributed by atoms with Gasteiger partial charge in [-0.05, 0) is 23.1 Å². The molecule has 0 aromatic heterocycles. The van der Waals surface area contributed by atoms with Crippen LogP contribution >= 0.6 is 0 Å². The van der Waals surface area contributed by atoms with Crippen LogP contribution in [0.3, 0.4) is 0 Å². The molecule has 0 spiro atoms. The van der Waals surface area contributed by atoms with Gasteiger partial charge in [0.2, 0.25) is 5.91 Å². The molecule has 1 heterocycles. The van der Waals surface area contributed by atoms with Crippen LogP contribution in [0.4, 0.5) is 0 Å². The summed E-state index contributed by atoms with van der Waals surface area (Å²) < 4.78 is 5.30. The Bertz CT molecular complexity index is 488. The summed E-state index contributed by atoms with van der Waals surface area (Å²) in [6.07, 6.45) is 3.46. The third-order valence-electron chi connectivity index (χ3n) is 3.86. The average Bonchev–Trinajstić information content (AvgIpc) is 2.54. The van der Waals surface area contributed by atoms with Crippen LogP contribution in [-0.2, 0) is 9.53 Å². The van der Waals surface area contributed by atoms with E-state index in [4.69, 9.17) is 4.74 Å². The summed E-state index contributed by atoms with van der Waals surface area (Å²) in [5.41, 5.74) is 2.36. The summed E-state index contributed by atoms with van der Waals surface area (Å²) in [6, 6.07) is 8.32. The van der Waals surface area contributed by atoms with Gasteiger partial charge < -0.3 is 10.1 Å². The maximum absolute atomic E-state index is 11.8. The zero-order valence-corrected chi connectivity index (χ0v) is 13.5. The van der Waals surface area contributed by atoms with E-state index >= 15 is 0 Å². The number of hydrogen-bond acceptors (Lipinski definition) is 3. The number of amides is 1. The van der Waals surface area contributed by atoms with Crippen molar-refractivity contribution in [2.45, 2.75) is 19.8 Å². The Kier molecular flexibility index (Phi) is 6.62. The molecule has 22 heavy (non-hydrogen) atoms. The summed E-state index contributed by atoms with van der Waals surface area (Å²) in [7, 11) is 0. The van der Waals surface area contributed by atoms with Gasteiger partial charge >= 0.3 is 0 Å². The maximum atomic E-state index is 11.8. The Morgan fingerprint density at radius 2 is 1.95 bits per heavy atom. The molecule has 1 aromatic rings. The predicted octanol–water partition coefficient (Wildman–Crippen LogP) is 2.27. The first-order chi connectivity index (χ1) is 10.6. The van der Waals surface area contributed by atoms with Crippen LogP contribution in [0.1, 0.15) is 30.9 Å². The minimum absolute atomic E-state index is 0.0406. The second-order valence-electron chi connectivity index (χ2n) is 5.90. The van der Waals surface area contributed by atoms with Crippen molar-refractivity contribution >= 4 is 12.0 Å². The second kappa shape index (κ2) is 8.71. The van der Waals surface area contributed by atoms with E-state index in [1.807, 2.05) is 18.2 Å². The smallest absolute Gasteiger partial charge is 0.244 e. The van der Waals surface area contributed by atoms with E-state index in [1.165, 1.54) is 5.56 Å². The predicted molar refractivity (Wildman–Crippen MR) is 89.8 cm³/mol. The van der Waals surface area contributed by atoms with Gasteiger partial charge in [-0.25, -0.2) is 0 Å². The zero-order valence-electron chi connectivity index (χ0n) is 13.5. The van der Waals surface area contributed by atoms with Gasteiger partial charge in [0.25, 0.3) is 0 Å². The lowest BCUT2D eigenvalue weighted by atomic mass is 10.0. The Hall–Kier alpha value is -1.65. The number of carbonyl (C=O) groups excluding carboxylic acids is 1. The van der Waals surface area contributed by atoms with Crippen LogP contribution in [0.5, 0.6) is 0 Å². The maximum Gasteiger partial charge on any atom is 0.244 e.